The van der Waals surface area contributed by atoms with Crippen molar-refractivity contribution in [2.75, 3.05) is 5.32 Å². The number of anilines is 2. The maximum Gasteiger partial charge on any atom is 0.204 e. The maximum atomic E-state index is 4.73. The Balaban J connectivity index is 1.88. The first-order valence-corrected chi connectivity index (χ1v) is 7.70. The van der Waals surface area contributed by atoms with Gasteiger partial charge in [-0.2, -0.15) is 0 Å². The summed E-state index contributed by atoms with van der Waals surface area (Å²) in [5.41, 5.74) is 6.13. The second-order valence-electron chi connectivity index (χ2n) is 5.66. The summed E-state index contributed by atoms with van der Waals surface area (Å²) in [7, 11) is 0. The van der Waals surface area contributed by atoms with Gasteiger partial charge in [-0.05, 0) is 48.7 Å². The van der Waals surface area contributed by atoms with E-state index in [1.54, 1.807) is 6.33 Å². The molecule has 2 aromatic heterocycles. The molecule has 0 unspecified atom stereocenters. The summed E-state index contributed by atoms with van der Waals surface area (Å²) in [5, 5.41) is 11.7. The van der Waals surface area contributed by atoms with Crippen molar-refractivity contribution >= 4 is 28.2 Å². The summed E-state index contributed by atoms with van der Waals surface area (Å²) in [5.74, 6) is 0.715. The molecule has 114 valence electrons. The van der Waals surface area contributed by atoms with Crippen LogP contribution in [-0.2, 0) is 6.42 Å². The minimum atomic E-state index is 0.715. The third-order valence-electron chi connectivity index (χ3n) is 3.98. The van der Waals surface area contributed by atoms with E-state index in [4.69, 9.17) is 4.98 Å². The third-order valence-corrected chi connectivity index (χ3v) is 3.98. The van der Waals surface area contributed by atoms with E-state index in [1.807, 2.05) is 22.6 Å². The lowest BCUT2D eigenvalue weighted by molar-refractivity contribution is 1.11. The van der Waals surface area contributed by atoms with Crippen molar-refractivity contribution in [3.05, 3.63) is 59.9 Å². The van der Waals surface area contributed by atoms with Gasteiger partial charge in [0.15, 0.2) is 5.82 Å². The number of aryl methyl sites for hydroxylation is 2. The molecule has 0 fully saturated rings. The average molecular weight is 303 g/mol. The summed E-state index contributed by atoms with van der Waals surface area (Å²) in [6.07, 6.45) is 2.73. The molecule has 2 aromatic carbocycles. The summed E-state index contributed by atoms with van der Waals surface area (Å²) in [6, 6.07) is 14.5. The van der Waals surface area contributed by atoms with Crippen molar-refractivity contribution in [3.63, 3.8) is 0 Å². The number of benzene rings is 2. The molecule has 0 bridgehead atoms. The van der Waals surface area contributed by atoms with Gasteiger partial charge in [-0.3, -0.25) is 4.40 Å². The normalized spacial score (nSPS) is 11.2. The van der Waals surface area contributed by atoms with Crippen molar-refractivity contribution in [3.8, 4) is 0 Å². The number of hydrogen-bond acceptors (Lipinski definition) is 4. The summed E-state index contributed by atoms with van der Waals surface area (Å²) in [4.78, 5) is 4.73. The molecule has 5 heteroatoms. The predicted octanol–water partition coefficient (Wildman–Crippen LogP) is 3.89. The highest BCUT2D eigenvalue weighted by Crippen LogP contribution is 2.24. The number of hydrogen-bond donors (Lipinski definition) is 1. The van der Waals surface area contributed by atoms with Crippen LogP contribution in [0.3, 0.4) is 0 Å². The molecule has 0 saturated heterocycles. The van der Waals surface area contributed by atoms with Crippen molar-refractivity contribution in [1.29, 1.82) is 0 Å². The van der Waals surface area contributed by atoms with Crippen molar-refractivity contribution in [1.82, 2.24) is 19.6 Å². The number of fused-ring (bicyclic) bond motifs is 3. The molecule has 0 aliphatic heterocycles. The largest absolute Gasteiger partial charge is 0.337 e. The molecule has 2 heterocycles. The minimum absolute atomic E-state index is 0.715. The van der Waals surface area contributed by atoms with E-state index in [9.17, 15) is 0 Å². The van der Waals surface area contributed by atoms with Crippen molar-refractivity contribution in [2.24, 2.45) is 0 Å². The van der Waals surface area contributed by atoms with Crippen LogP contribution in [0.1, 0.15) is 18.1 Å². The monoisotopic (exact) mass is 303 g/mol. The highest BCUT2D eigenvalue weighted by atomic mass is 15.3. The van der Waals surface area contributed by atoms with E-state index in [2.05, 4.69) is 53.6 Å². The Kier molecular flexibility index (Phi) is 3.19. The van der Waals surface area contributed by atoms with Gasteiger partial charge in [-0.15, -0.1) is 10.2 Å². The number of rotatable bonds is 3. The van der Waals surface area contributed by atoms with E-state index >= 15 is 0 Å². The maximum absolute atomic E-state index is 4.73. The van der Waals surface area contributed by atoms with Crippen LogP contribution in [0.2, 0.25) is 0 Å². The van der Waals surface area contributed by atoms with Gasteiger partial charge in [0.2, 0.25) is 5.65 Å². The number of aromatic nitrogens is 4. The Morgan fingerprint density at radius 2 is 2.04 bits per heavy atom. The quantitative estimate of drug-likeness (QED) is 0.624. The Hall–Kier alpha value is -2.95. The Morgan fingerprint density at radius 1 is 1.13 bits per heavy atom. The first kappa shape index (κ1) is 13.7. The minimum Gasteiger partial charge on any atom is -0.337 e. The molecule has 0 radical (unpaired) electrons. The zero-order valence-corrected chi connectivity index (χ0v) is 13.1. The van der Waals surface area contributed by atoms with Crippen LogP contribution in [0.5, 0.6) is 0 Å². The lowest BCUT2D eigenvalue weighted by atomic mass is 10.1. The molecular weight excluding hydrogens is 286 g/mol. The van der Waals surface area contributed by atoms with Crippen LogP contribution in [-0.4, -0.2) is 19.6 Å². The lowest BCUT2D eigenvalue weighted by Crippen LogP contribution is -2.00. The van der Waals surface area contributed by atoms with Gasteiger partial charge in [-0.25, -0.2) is 4.98 Å². The van der Waals surface area contributed by atoms with Crippen molar-refractivity contribution in [2.45, 2.75) is 20.3 Å². The van der Waals surface area contributed by atoms with Crippen LogP contribution in [0.25, 0.3) is 16.7 Å². The predicted molar refractivity (Wildman–Crippen MR) is 92.1 cm³/mol. The molecule has 23 heavy (non-hydrogen) atoms. The fourth-order valence-corrected chi connectivity index (χ4v) is 2.75. The van der Waals surface area contributed by atoms with Gasteiger partial charge in [0, 0.05) is 5.69 Å². The molecule has 4 rings (SSSR count). The van der Waals surface area contributed by atoms with Crippen LogP contribution in [0, 0.1) is 6.92 Å². The van der Waals surface area contributed by atoms with Gasteiger partial charge >= 0.3 is 0 Å². The smallest absolute Gasteiger partial charge is 0.204 e. The van der Waals surface area contributed by atoms with E-state index in [0.717, 1.165) is 28.8 Å². The molecular formula is C18H17N5. The Bertz CT molecular complexity index is 1000. The molecule has 0 aliphatic rings. The zero-order chi connectivity index (χ0) is 15.8. The van der Waals surface area contributed by atoms with Gasteiger partial charge in [0.05, 0.1) is 11.0 Å². The molecule has 4 aromatic rings. The first-order valence-electron chi connectivity index (χ1n) is 7.70. The first-order chi connectivity index (χ1) is 11.2. The van der Waals surface area contributed by atoms with E-state index < -0.39 is 0 Å². The SMILES string of the molecule is CCc1cccc(Nc2nc3ccc(C)cc3n3cnnc23)c1. The van der Waals surface area contributed by atoms with E-state index in [0.29, 0.717) is 5.82 Å². The van der Waals surface area contributed by atoms with Gasteiger partial charge in [0.25, 0.3) is 0 Å². The third kappa shape index (κ3) is 2.40. The number of nitrogens with zero attached hydrogens (tertiary/aromatic N) is 4. The lowest BCUT2D eigenvalue weighted by Gasteiger charge is -2.10. The van der Waals surface area contributed by atoms with Crippen LogP contribution in [0.4, 0.5) is 11.5 Å². The van der Waals surface area contributed by atoms with Crippen LogP contribution < -0.4 is 5.32 Å². The molecule has 0 atom stereocenters. The topological polar surface area (TPSA) is 55.1 Å². The van der Waals surface area contributed by atoms with Crippen LogP contribution in [0.15, 0.2) is 48.8 Å². The number of nitrogens with one attached hydrogen (secondary N) is 1. The second kappa shape index (κ2) is 5.35. The zero-order valence-electron chi connectivity index (χ0n) is 13.1. The van der Waals surface area contributed by atoms with Crippen LogP contribution >= 0.6 is 0 Å². The Morgan fingerprint density at radius 3 is 2.91 bits per heavy atom. The highest BCUT2D eigenvalue weighted by Gasteiger charge is 2.11. The van der Waals surface area contributed by atoms with Gasteiger partial charge < -0.3 is 5.32 Å². The van der Waals surface area contributed by atoms with Gasteiger partial charge in [-0.1, -0.05) is 25.1 Å². The fraction of sp³-hybridized carbons (Fsp3) is 0.167. The summed E-state index contributed by atoms with van der Waals surface area (Å²) >= 11 is 0. The van der Waals surface area contributed by atoms with E-state index in [1.165, 1.54) is 11.1 Å². The summed E-state index contributed by atoms with van der Waals surface area (Å²) in [6.45, 7) is 4.21. The van der Waals surface area contributed by atoms with E-state index in [-0.39, 0.29) is 0 Å². The molecule has 5 nitrogen and oxygen atoms in total. The standard InChI is InChI=1S/C18H17N5/c1-3-13-5-4-6-14(10-13)20-17-18-22-19-11-23(18)16-9-12(2)7-8-15(16)21-17/h4-11H,3H2,1-2H3,(H,20,21). The summed E-state index contributed by atoms with van der Waals surface area (Å²) < 4.78 is 1.97. The fourth-order valence-electron chi connectivity index (χ4n) is 2.75. The average Bonchev–Trinajstić information content (AvgIpc) is 3.06. The molecule has 0 amide bonds. The second-order valence-corrected chi connectivity index (χ2v) is 5.66. The molecule has 1 N–H and O–H groups in total. The molecule has 0 saturated carbocycles. The van der Waals surface area contributed by atoms with Crippen molar-refractivity contribution < 1.29 is 0 Å². The highest BCUT2D eigenvalue weighted by molar-refractivity contribution is 5.84. The Labute approximate surface area is 134 Å². The molecule has 0 spiro atoms. The molecule has 0 aliphatic carbocycles. The van der Waals surface area contributed by atoms with Gasteiger partial charge in [0.1, 0.15) is 6.33 Å².